The van der Waals surface area contributed by atoms with Crippen LogP contribution in [0.5, 0.6) is 0 Å². The number of likely N-dealkylation sites (N-methyl/N-ethyl adjacent to an activating group) is 1. The summed E-state index contributed by atoms with van der Waals surface area (Å²) in [6, 6.07) is 8.01. The Morgan fingerprint density at radius 1 is 1.12 bits per heavy atom. The Morgan fingerprint density at radius 3 is 2.27 bits per heavy atom. The van der Waals surface area contributed by atoms with Crippen LogP contribution in [-0.4, -0.2) is 67.9 Å². The molecular formula is C20H32N4O2. The zero-order valence-corrected chi connectivity index (χ0v) is 16.5. The van der Waals surface area contributed by atoms with Crippen molar-refractivity contribution in [1.82, 2.24) is 9.80 Å². The lowest BCUT2D eigenvalue weighted by Gasteiger charge is -2.34. The van der Waals surface area contributed by atoms with E-state index in [9.17, 15) is 9.59 Å². The van der Waals surface area contributed by atoms with Gasteiger partial charge in [0.15, 0.2) is 0 Å². The summed E-state index contributed by atoms with van der Waals surface area (Å²) in [6.07, 6.45) is 0.312. The molecule has 1 aromatic carbocycles. The molecule has 0 spiro atoms. The first-order valence-corrected chi connectivity index (χ1v) is 9.44. The maximum absolute atomic E-state index is 12.2. The van der Waals surface area contributed by atoms with E-state index in [0.29, 0.717) is 25.4 Å². The van der Waals surface area contributed by atoms with Crippen LogP contribution in [0.1, 0.15) is 27.2 Å². The molecule has 1 aliphatic heterocycles. The van der Waals surface area contributed by atoms with Gasteiger partial charge >= 0.3 is 0 Å². The van der Waals surface area contributed by atoms with Gasteiger partial charge in [-0.2, -0.15) is 0 Å². The molecule has 2 amide bonds. The summed E-state index contributed by atoms with van der Waals surface area (Å²) in [5.74, 6) is 0.347. The standard InChI is InChI=1S/C20H32N4O2/c1-16(2)15-24(17(3)25)10-9-20(26)21-18-5-7-19(8-6-18)23-13-11-22(4)12-14-23/h5-8,16H,9-15H2,1-4H3,(H,21,26). The maximum Gasteiger partial charge on any atom is 0.226 e. The first kappa shape index (κ1) is 20.2. The van der Waals surface area contributed by atoms with Gasteiger partial charge in [0.25, 0.3) is 0 Å². The molecule has 1 heterocycles. The number of amides is 2. The lowest BCUT2D eigenvalue weighted by atomic mass is 10.2. The Balaban J connectivity index is 1.82. The minimum atomic E-state index is -0.0626. The van der Waals surface area contributed by atoms with Crippen LogP contribution < -0.4 is 10.2 Å². The van der Waals surface area contributed by atoms with Crippen LogP contribution in [0.15, 0.2) is 24.3 Å². The third-order valence-corrected chi connectivity index (χ3v) is 4.66. The van der Waals surface area contributed by atoms with Gasteiger partial charge in [-0.05, 0) is 37.2 Å². The number of rotatable bonds is 7. The van der Waals surface area contributed by atoms with E-state index in [-0.39, 0.29) is 11.8 Å². The fourth-order valence-corrected chi connectivity index (χ4v) is 3.10. The van der Waals surface area contributed by atoms with E-state index in [0.717, 1.165) is 31.9 Å². The van der Waals surface area contributed by atoms with Gasteiger partial charge in [-0.1, -0.05) is 13.8 Å². The van der Waals surface area contributed by atoms with Crippen molar-refractivity contribution in [3.05, 3.63) is 24.3 Å². The van der Waals surface area contributed by atoms with Crippen molar-refractivity contribution in [2.24, 2.45) is 5.92 Å². The number of nitrogens with one attached hydrogen (secondary N) is 1. The van der Waals surface area contributed by atoms with Crippen LogP contribution in [-0.2, 0) is 9.59 Å². The number of hydrogen-bond acceptors (Lipinski definition) is 4. The van der Waals surface area contributed by atoms with E-state index in [1.54, 1.807) is 11.8 Å². The van der Waals surface area contributed by atoms with E-state index >= 15 is 0 Å². The number of anilines is 2. The van der Waals surface area contributed by atoms with Crippen LogP contribution in [0.2, 0.25) is 0 Å². The number of benzene rings is 1. The molecule has 6 nitrogen and oxygen atoms in total. The molecule has 1 aliphatic rings. The molecular weight excluding hydrogens is 328 g/mol. The van der Waals surface area contributed by atoms with E-state index in [1.165, 1.54) is 5.69 Å². The molecule has 26 heavy (non-hydrogen) atoms. The Bertz CT molecular complexity index is 592. The molecule has 0 aromatic heterocycles. The van der Waals surface area contributed by atoms with Crippen molar-refractivity contribution in [3.8, 4) is 0 Å². The molecule has 1 N–H and O–H groups in total. The second-order valence-corrected chi connectivity index (χ2v) is 7.49. The Kier molecular flexibility index (Phi) is 7.45. The average Bonchev–Trinajstić information content (AvgIpc) is 2.59. The summed E-state index contributed by atoms with van der Waals surface area (Å²) >= 11 is 0. The van der Waals surface area contributed by atoms with E-state index in [2.05, 4.69) is 48.1 Å². The Morgan fingerprint density at radius 2 is 1.73 bits per heavy atom. The van der Waals surface area contributed by atoms with Crippen molar-refractivity contribution in [3.63, 3.8) is 0 Å². The van der Waals surface area contributed by atoms with E-state index in [4.69, 9.17) is 0 Å². The third-order valence-electron chi connectivity index (χ3n) is 4.66. The Hall–Kier alpha value is -2.08. The first-order valence-electron chi connectivity index (χ1n) is 9.44. The van der Waals surface area contributed by atoms with Gasteiger partial charge in [-0.3, -0.25) is 9.59 Å². The third kappa shape index (κ3) is 6.33. The summed E-state index contributed by atoms with van der Waals surface area (Å²) in [5.41, 5.74) is 1.99. The van der Waals surface area contributed by atoms with Crippen LogP contribution in [0.25, 0.3) is 0 Å². The lowest BCUT2D eigenvalue weighted by molar-refractivity contribution is -0.129. The Labute approximate surface area is 157 Å². The fourth-order valence-electron chi connectivity index (χ4n) is 3.10. The van der Waals surface area contributed by atoms with Gasteiger partial charge in [0.1, 0.15) is 0 Å². The van der Waals surface area contributed by atoms with Crippen LogP contribution in [0.4, 0.5) is 11.4 Å². The largest absolute Gasteiger partial charge is 0.369 e. The molecule has 0 atom stereocenters. The van der Waals surface area contributed by atoms with Crippen molar-refractivity contribution in [1.29, 1.82) is 0 Å². The lowest BCUT2D eigenvalue weighted by Crippen LogP contribution is -2.44. The predicted octanol–water partition coefficient (Wildman–Crippen LogP) is 2.27. The number of carbonyl (C=O) groups excluding carboxylic acids is 2. The monoisotopic (exact) mass is 360 g/mol. The molecule has 1 aromatic rings. The predicted molar refractivity (Wildman–Crippen MR) is 106 cm³/mol. The molecule has 2 rings (SSSR count). The van der Waals surface area contributed by atoms with Gasteiger partial charge < -0.3 is 20.0 Å². The van der Waals surface area contributed by atoms with E-state index < -0.39 is 0 Å². The summed E-state index contributed by atoms with van der Waals surface area (Å²) in [6.45, 7) is 11.0. The zero-order valence-electron chi connectivity index (χ0n) is 16.5. The van der Waals surface area contributed by atoms with Gasteiger partial charge in [0, 0.05) is 64.0 Å². The van der Waals surface area contributed by atoms with Gasteiger partial charge in [-0.25, -0.2) is 0 Å². The fraction of sp³-hybridized carbons (Fsp3) is 0.600. The van der Waals surface area contributed by atoms with Crippen molar-refractivity contribution in [2.45, 2.75) is 27.2 Å². The van der Waals surface area contributed by atoms with Crippen LogP contribution in [0.3, 0.4) is 0 Å². The highest BCUT2D eigenvalue weighted by molar-refractivity contribution is 5.91. The minimum Gasteiger partial charge on any atom is -0.369 e. The van der Waals surface area contributed by atoms with Gasteiger partial charge in [0.2, 0.25) is 11.8 Å². The van der Waals surface area contributed by atoms with Gasteiger partial charge in [-0.15, -0.1) is 0 Å². The number of nitrogens with zero attached hydrogens (tertiary/aromatic N) is 3. The van der Waals surface area contributed by atoms with Crippen LogP contribution >= 0.6 is 0 Å². The zero-order chi connectivity index (χ0) is 19.1. The molecule has 0 saturated carbocycles. The number of carbonyl (C=O) groups is 2. The molecule has 0 radical (unpaired) electrons. The molecule has 1 saturated heterocycles. The second-order valence-electron chi connectivity index (χ2n) is 7.49. The highest BCUT2D eigenvalue weighted by Crippen LogP contribution is 2.19. The van der Waals surface area contributed by atoms with Crippen molar-refractivity contribution >= 4 is 23.2 Å². The molecule has 6 heteroatoms. The topological polar surface area (TPSA) is 55.9 Å². The second kappa shape index (κ2) is 9.57. The van der Waals surface area contributed by atoms with Gasteiger partial charge in [0.05, 0.1) is 0 Å². The SMILES string of the molecule is CC(=O)N(CCC(=O)Nc1ccc(N2CCN(C)CC2)cc1)CC(C)C. The maximum atomic E-state index is 12.2. The van der Waals surface area contributed by atoms with Crippen LogP contribution in [0, 0.1) is 5.92 Å². The highest BCUT2D eigenvalue weighted by Gasteiger charge is 2.15. The summed E-state index contributed by atoms with van der Waals surface area (Å²) in [5, 5.41) is 2.92. The van der Waals surface area contributed by atoms with Crippen molar-refractivity contribution < 1.29 is 9.59 Å². The minimum absolute atomic E-state index is 0.0167. The summed E-state index contributed by atoms with van der Waals surface area (Å²) < 4.78 is 0. The molecule has 144 valence electrons. The normalized spacial score (nSPS) is 15.2. The molecule has 0 unspecified atom stereocenters. The number of piperazine rings is 1. The molecule has 1 fully saturated rings. The smallest absolute Gasteiger partial charge is 0.226 e. The highest BCUT2D eigenvalue weighted by atomic mass is 16.2. The molecule has 0 aliphatic carbocycles. The van der Waals surface area contributed by atoms with Crippen molar-refractivity contribution in [2.75, 3.05) is 56.5 Å². The number of hydrogen-bond donors (Lipinski definition) is 1. The quantitative estimate of drug-likeness (QED) is 0.810. The van der Waals surface area contributed by atoms with E-state index in [1.807, 2.05) is 12.1 Å². The molecule has 0 bridgehead atoms. The first-order chi connectivity index (χ1) is 12.3. The average molecular weight is 361 g/mol. The summed E-state index contributed by atoms with van der Waals surface area (Å²) in [4.78, 5) is 30.3. The summed E-state index contributed by atoms with van der Waals surface area (Å²) in [7, 11) is 2.14.